The lowest BCUT2D eigenvalue weighted by Crippen LogP contribution is -2.48. The van der Waals surface area contributed by atoms with Gasteiger partial charge in [0.2, 0.25) is 5.91 Å². The molecular formula is C17H22F3N3O. The second kappa shape index (κ2) is 6.53. The summed E-state index contributed by atoms with van der Waals surface area (Å²) in [5.41, 5.74) is 8.66. The lowest BCUT2D eigenvalue weighted by atomic mass is 9.97. The van der Waals surface area contributed by atoms with Gasteiger partial charge in [0.05, 0.1) is 12.5 Å². The van der Waals surface area contributed by atoms with Crippen molar-refractivity contribution in [1.82, 2.24) is 4.90 Å². The van der Waals surface area contributed by atoms with Gasteiger partial charge in [-0.05, 0) is 43.4 Å². The van der Waals surface area contributed by atoms with Crippen LogP contribution in [0.15, 0.2) is 18.2 Å². The van der Waals surface area contributed by atoms with E-state index in [0.717, 1.165) is 30.6 Å². The number of nitrogen functional groups attached to an aromatic ring is 1. The fraction of sp³-hybridized carbons (Fsp3) is 0.588. The molecule has 3 rings (SSSR count). The number of benzene rings is 1. The molecule has 4 nitrogen and oxygen atoms in total. The van der Waals surface area contributed by atoms with Crippen LogP contribution in [0.1, 0.15) is 24.8 Å². The molecule has 0 bridgehead atoms. The van der Waals surface area contributed by atoms with Gasteiger partial charge in [0, 0.05) is 31.0 Å². The maximum absolute atomic E-state index is 12.9. The van der Waals surface area contributed by atoms with Crippen LogP contribution in [0.5, 0.6) is 0 Å². The highest BCUT2D eigenvalue weighted by Crippen LogP contribution is 2.34. The normalized spacial score (nSPS) is 21.5. The third-order valence-electron chi connectivity index (χ3n) is 4.95. The van der Waals surface area contributed by atoms with Crippen LogP contribution in [0.2, 0.25) is 0 Å². The fourth-order valence-electron chi connectivity index (χ4n) is 3.63. The van der Waals surface area contributed by atoms with Crippen molar-refractivity contribution < 1.29 is 18.0 Å². The summed E-state index contributed by atoms with van der Waals surface area (Å²) in [7, 11) is 0. The van der Waals surface area contributed by atoms with E-state index in [1.807, 2.05) is 23.1 Å². The van der Waals surface area contributed by atoms with Gasteiger partial charge in [0.15, 0.2) is 0 Å². The van der Waals surface area contributed by atoms with E-state index in [2.05, 4.69) is 0 Å². The first-order chi connectivity index (χ1) is 11.4. The Morgan fingerprint density at radius 1 is 1.25 bits per heavy atom. The Hall–Kier alpha value is -1.92. The number of carbonyl (C=O) groups excluding carboxylic acids is 1. The summed E-state index contributed by atoms with van der Waals surface area (Å²) in [4.78, 5) is 15.8. The van der Waals surface area contributed by atoms with Crippen molar-refractivity contribution in [2.45, 2.75) is 31.9 Å². The van der Waals surface area contributed by atoms with E-state index in [0.29, 0.717) is 18.7 Å². The fourth-order valence-corrected chi connectivity index (χ4v) is 3.63. The molecule has 1 amide bonds. The molecule has 2 aliphatic heterocycles. The predicted octanol–water partition coefficient (Wildman–Crippen LogP) is 2.82. The van der Waals surface area contributed by atoms with Crippen LogP contribution >= 0.6 is 0 Å². The van der Waals surface area contributed by atoms with Gasteiger partial charge >= 0.3 is 6.18 Å². The first kappa shape index (κ1) is 16.9. The Labute approximate surface area is 139 Å². The molecule has 2 heterocycles. The molecule has 0 spiro atoms. The maximum atomic E-state index is 12.9. The molecule has 1 fully saturated rings. The summed E-state index contributed by atoms with van der Waals surface area (Å²) in [6.07, 6.45) is -1.97. The molecule has 1 saturated heterocycles. The van der Waals surface area contributed by atoms with E-state index >= 15 is 0 Å². The molecule has 132 valence electrons. The van der Waals surface area contributed by atoms with Gasteiger partial charge in [-0.2, -0.15) is 13.2 Å². The Morgan fingerprint density at radius 3 is 2.79 bits per heavy atom. The Morgan fingerprint density at radius 2 is 2.04 bits per heavy atom. The zero-order valence-corrected chi connectivity index (χ0v) is 13.5. The molecule has 1 aromatic carbocycles. The van der Waals surface area contributed by atoms with E-state index in [1.165, 1.54) is 4.90 Å². The van der Waals surface area contributed by atoms with Crippen molar-refractivity contribution in [2.75, 3.05) is 36.8 Å². The number of nitrogens with two attached hydrogens (primary N) is 1. The zero-order valence-electron chi connectivity index (χ0n) is 13.5. The largest absolute Gasteiger partial charge is 0.398 e. The number of anilines is 2. The van der Waals surface area contributed by atoms with Gasteiger partial charge in [-0.3, -0.25) is 4.79 Å². The molecular weight excluding hydrogens is 319 g/mol. The van der Waals surface area contributed by atoms with E-state index < -0.39 is 12.1 Å². The van der Waals surface area contributed by atoms with Crippen LogP contribution < -0.4 is 10.6 Å². The van der Waals surface area contributed by atoms with Crippen LogP contribution in [0.4, 0.5) is 24.5 Å². The average molecular weight is 341 g/mol. The van der Waals surface area contributed by atoms with Crippen LogP contribution in [-0.4, -0.2) is 43.2 Å². The van der Waals surface area contributed by atoms with E-state index in [9.17, 15) is 18.0 Å². The quantitative estimate of drug-likeness (QED) is 0.842. The van der Waals surface area contributed by atoms with Gasteiger partial charge in [-0.1, -0.05) is 6.07 Å². The van der Waals surface area contributed by atoms with E-state index in [1.54, 1.807) is 0 Å². The Bertz CT molecular complexity index is 618. The number of nitrogens with zero attached hydrogens (tertiary/aromatic N) is 2. The summed E-state index contributed by atoms with van der Waals surface area (Å²) in [5.74, 6) is -1.64. The number of piperidine rings is 1. The maximum Gasteiger partial charge on any atom is 0.393 e. The van der Waals surface area contributed by atoms with Gasteiger partial charge < -0.3 is 15.5 Å². The zero-order chi connectivity index (χ0) is 17.3. The van der Waals surface area contributed by atoms with Crippen molar-refractivity contribution in [1.29, 1.82) is 0 Å². The van der Waals surface area contributed by atoms with E-state index in [-0.39, 0.29) is 25.4 Å². The number of alkyl halides is 3. The predicted molar refractivity (Wildman–Crippen MR) is 86.7 cm³/mol. The number of hydrogen-bond donors (Lipinski definition) is 1. The van der Waals surface area contributed by atoms with Crippen molar-refractivity contribution >= 4 is 17.3 Å². The number of rotatable bonds is 2. The molecule has 2 aliphatic rings. The third kappa shape index (κ3) is 3.44. The minimum absolute atomic E-state index is 0.108. The third-order valence-corrected chi connectivity index (χ3v) is 4.95. The molecule has 7 heteroatoms. The van der Waals surface area contributed by atoms with Gasteiger partial charge in [-0.15, -0.1) is 0 Å². The molecule has 1 atom stereocenters. The first-order valence-corrected chi connectivity index (χ1v) is 8.33. The smallest absolute Gasteiger partial charge is 0.393 e. The number of carbonyl (C=O) groups is 1. The number of hydrogen-bond acceptors (Lipinski definition) is 3. The Balaban J connectivity index is 1.69. The first-order valence-electron chi connectivity index (χ1n) is 8.33. The lowest BCUT2D eigenvalue weighted by Gasteiger charge is -2.37. The van der Waals surface area contributed by atoms with Crippen molar-refractivity contribution in [2.24, 2.45) is 5.92 Å². The summed E-state index contributed by atoms with van der Waals surface area (Å²) in [5, 5.41) is 0. The lowest BCUT2D eigenvalue weighted by molar-refractivity contribution is -0.187. The van der Waals surface area contributed by atoms with Crippen LogP contribution in [0, 0.1) is 5.92 Å². The molecule has 0 saturated carbocycles. The van der Waals surface area contributed by atoms with Crippen LogP contribution in [-0.2, 0) is 11.2 Å². The molecule has 24 heavy (non-hydrogen) atoms. The number of likely N-dealkylation sites (tertiary alicyclic amines) is 1. The molecule has 1 unspecified atom stereocenters. The number of fused-ring (bicyclic) bond motifs is 1. The summed E-state index contributed by atoms with van der Waals surface area (Å²) >= 11 is 0. The van der Waals surface area contributed by atoms with Gasteiger partial charge in [-0.25, -0.2) is 0 Å². The van der Waals surface area contributed by atoms with Crippen LogP contribution in [0.3, 0.4) is 0 Å². The van der Waals surface area contributed by atoms with Gasteiger partial charge in [0.1, 0.15) is 0 Å². The van der Waals surface area contributed by atoms with Crippen molar-refractivity contribution in [3.05, 3.63) is 23.8 Å². The van der Waals surface area contributed by atoms with Crippen LogP contribution in [0.25, 0.3) is 0 Å². The van der Waals surface area contributed by atoms with Gasteiger partial charge in [0.25, 0.3) is 0 Å². The highest BCUT2D eigenvalue weighted by atomic mass is 19.4. The topological polar surface area (TPSA) is 49.6 Å². The SMILES string of the molecule is Nc1cccc2c1CCCN2CC(=O)N1CCCC(C(F)(F)F)C1. The Kier molecular flexibility index (Phi) is 4.60. The summed E-state index contributed by atoms with van der Waals surface area (Å²) < 4.78 is 38.7. The van der Waals surface area contributed by atoms with Crippen molar-refractivity contribution in [3.63, 3.8) is 0 Å². The van der Waals surface area contributed by atoms with E-state index in [4.69, 9.17) is 5.73 Å². The molecule has 0 aliphatic carbocycles. The minimum atomic E-state index is -4.23. The molecule has 0 radical (unpaired) electrons. The number of amides is 1. The van der Waals surface area contributed by atoms with Crippen molar-refractivity contribution in [3.8, 4) is 0 Å². The second-order valence-corrected chi connectivity index (χ2v) is 6.59. The monoisotopic (exact) mass is 341 g/mol. The summed E-state index contributed by atoms with van der Waals surface area (Å²) in [6.45, 7) is 1.02. The minimum Gasteiger partial charge on any atom is -0.398 e. The summed E-state index contributed by atoms with van der Waals surface area (Å²) in [6, 6.07) is 5.60. The second-order valence-electron chi connectivity index (χ2n) is 6.59. The average Bonchev–Trinajstić information content (AvgIpc) is 2.55. The molecule has 0 aromatic heterocycles. The standard InChI is InChI=1S/C17H22F3N3O/c18-17(19,20)12-4-2-9-23(10-12)16(24)11-22-8-3-5-13-14(21)6-1-7-15(13)22/h1,6-7,12H,2-5,8-11,21H2. The molecule has 1 aromatic rings. The highest BCUT2D eigenvalue weighted by molar-refractivity contribution is 5.83. The number of halogens is 3. The molecule has 2 N–H and O–H groups in total. The highest BCUT2D eigenvalue weighted by Gasteiger charge is 2.42.